The Morgan fingerprint density at radius 1 is 1.22 bits per heavy atom. The summed E-state index contributed by atoms with van der Waals surface area (Å²) in [7, 11) is 1.54. The van der Waals surface area contributed by atoms with Crippen molar-refractivity contribution in [2.45, 2.75) is 0 Å². The third-order valence-electron chi connectivity index (χ3n) is 3.20. The number of nitrogens with zero attached hydrogens (tertiary/aromatic N) is 1. The molecule has 1 N–H and O–H groups in total. The van der Waals surface area contributed by atoms with Crippen LogP contribution in [0.1, 0.15) is 10.4 Å². The molecule has 0 aliphatic rings. The van der Waals surface area contributed by atoms with Gasteiger partial charge in [0.25, 0.3) is 5.91 Å². The van der Waals surface area contributed by atoms with Crippen molar-refractivity contribution in [2.24, 2.45) is 0 Å². The van der Waals surface area contributed by atoms with Crippen molar-refractivity contribution < 1.29 is 9.53 Å². The van der Waals surface area contributed by atoms with E-state index in [9.17, 15) is 4.79 Å². The van der Waals surface area contributed by atoms with Gasteiger partial charge in [-0.05, 0) is 24.3 Å². The van der Waals surface area contributed by atoms with Gasteiger partial charge in [0, 0.05) is 15.4 Å². The Bertz CT molecular complexity index is 848. The fourth-order valence-corrected chi connectivity index (χ4v) is 3.22. The lowest BCUT2D eigenvalue weighted by molar-refractivity contribution is 0.102. The van der Waals surface area contributed by atoms with E-state index in [1.807, 2.05) is 35.7 Å². The molecule has 23 heavy (non-hydrogen) atoms. The van der Waals surface area contributed by atoms with E-state index in [1.165, 1.54) is 11.3 Å². The van der Waals surface area contributed by atoms with E-state index in [0.717, 1.165) is 15.7 Å². The molecule has 1 heterocycles. The normalized spacial score (nSPS) is 10.3. The smallest absolute Gasteiger partial charge is 0.261 e. The molecule has 3 aromatic rings. The topological polar surface area (TPSA) is 51.2 Å². The third-order valence-corrected chi connectivity index (χ3v) is 4.45. The first-order valence-electron chi connectivity index (χ1n) is 6.83. The van der Waals surface area contributed by atoms with Gasteiger partial charge in [-0.3, -0.25) is 10.1 Å². The number of aromatic nitrogens is 1. The second-order valence-corrected chi connectivity index (χ2v) is 6.48. The summed E-state index contributed by atoms with van der Waals surface area (Å²) in [5.41, 5.74) is 2.30. The van der Waals surface area contributed by atoms with Gasteiger partial charge in [-0.15, -0.1) is 11.3 Å². The first-order valence-corrected chi connectivity index (χ1v) is 8.50. The number of para-hydroxylation sites is 1. The van der Waals surface area contributed by atoms with Crippen LogP contribution in [0, 0.1) is 0 Å². The van der Waals surface area contributed by atoms with E-state index >= 15 is 0 Å². The van der Waals surface area contributed by atoms with Gasteiger partial charge in [-0.25, -0.2) is 4.98 Å². The molecular formula is C17H13BrN2O2S. The van der Waals surface area contributed by atoms with Gasteiger partial charge in [-0.1, -0.05) is 40.2 Å². The van der Waals surface area contributed by atoms with Crippen LogP contribution in [0.25, 0.3) is 11.3 Å². The number of hydrogen-bond acceptors (Lipinski definition) is 4. The summed E-state index contributed by atoms with van der Waals surface area (Å²) >= 11 is 4.83. The molecule has 0 saturated carbocycles. The van der Waals surface area contributed by atoms with Crippen LogP contribution in [-0.2, 0) is 0 Å². The number of ether oxygens (including phenoxy) is 1. The summed E-state index contributed by atoms with van der Waals surface area (Å²) < 4.78 is 6.20. The van der Waals surface area contributed by atoms with E-state index in [-0.39, 0.29) is 5.91 Å². The maximum Gasteiger partial charge on any atom is 0.261 e. The molecule has 0 unspecified atom stereocenters. The highest BCUT2D eigenvalue weighted by molar-refractivity contribution is 9.10. The maximum absolute atomic E-state index is 12.4. The number of amides is 1. The largest absolute Gasteiger partial charge is 0.496 e. The fourth-order valence-electron chi connectivity index (χ4n) is 2.11. The first kappa shape index (κ1) is 15.7. The molecular weight excluding hydrogens is 376 g/mol. The standard InChI is InChI=1S/C17H13BrN2O2S/c1-22-15-8-3-2-7-13(15)16(21)20-17-19-14(10-23-17)11-5-4-6-12(18)9-11/h2-10H,1H3,(H,19,20,21). The lowest BCUT2D eigenvalue weighted by Gasteiger charge is -2.07. The van der Waals surface area contributed by atoms with E-state index in [2.05, 4.69) is 26.2 Å². The van der Waals surface area contributed by atoms with Gasteiger partial charge >= 0.3 is 0 Å². The Kier molecular flexibility index (Phi) is 4.73. The number of thiazole rings is 1. The Balaban J connectivity index is 1.80. The van der Waals surface area contributed by atoms with Gasteiger partial charge in [0.2, 0.25) is 0 Å². The molecule has 0 aliphatic heterocycles. The van der Waals surface area contributed by atoms with Crippen molar-refractivity contribution in [1.29, 1.82) is 0 Å². The highest BCUT2D eigenvalue weighted by Crippen LogP contribution is 2.27. The van der Waals surface area contributed by atoms with Crippen molar-refractivity contribution in [3.63, 3.8) is 0 Å². The summed E-state index contributed by atoms with van der Waals surface area (Å²) in [5.74, 6) is 0.298. The number of benzene rings is 2. The van der Waals surface area contributed by atoms with Crippen LogP contribution in [0.3, 0.4) is 0 Å². The summed E-state index contributed by atoms with van der Waals surface area (Å²) in [6.45, 7) is 0. The number of nitrogens with one attached hydrogen (secondary N) is 1. The second-order valence-electron chi connectivity index (χ2n) is 4.70. The number of methoxy groups -OCH3 is 1. The van der Waals surface area contributed by atoms with Crippen LogP contribution in [0.5, 0.6) is 5.75 Å². The van der Waals surface area contributed by atoms with Gasteiger partial charge in [0.15, 0.2) is 5.13 Å². The summed E-state index contributed by atoms with van der Waals surface area (Å²) in [4.78, 5) is 16.8. The monoisotopic (exact) mass is 388 g/mol. The van der Waals surface area contributed by atoms with Crippen molar-refractivity contribution in [2.75, 3.05) is 12.4 Å². The molecule has 0 saturated heterocycles. The molecule has 116 valence electrons. The summed E-state index contributed by atoms with van der Waals surface area (Å²) in [6, 6.07) is 15.0. The highest BCUT2D eigenvalue weighted by Gasteiger charge is 2.13. The number of rotatable bonds is 4. The molecule has 2 aromatic carbocycles. The lowest BCUT2D eigenvalue weighted by Crippen LogP contribution is -2.12. The Morgan fingerprint density at radius 3 is 2.83 bits per heavy atom. The molecule has 1 amide bonds. The van der Waals surface area contributed by atoms with E-state index in [1.54, 1.807) is 25.3 Å². The van der Waals surface area contributed by atoms with Crippen LogP contribution in [0.15, 0.2) is 58.4 Å². The van der Waals surface area contributed by atoms with E-state index in [4.69, 9.17) is 4.74 Å². The highest BCUT2D eigenvalue weighted by atomic mass is 79.9. The van der Waals surface area contributed by atoms with Gasteiger partial charge in [-0.2, -0.15) is 0 Å². The minimum absolute atomic E-state index is 0.238. The zero-order valence-corrected chi connectivity index (χ0v) is 14.6. The fraction of sp³-hybridized carbons (Fsp3) is 0.0588. The van der Waals surface area contributed by atoms with Gasteiger partial charge < -0.3 is 4.74 Å². The predicted molar refractivity (Wildman–Crippen MR) is 96.2 cm³/mol. The van der Waals surface area contributed by atoms with Gasteiger partial charge in [0.1, 0.15) is 5.75 Å². The minimum atomic E-state index is -0.238. The molecule has 6 heteroatoms. The van der Waals surface area contributed by atoms with E-state index < -0.39 is 0 Å². The Hall–Kier alpha value is -2.18. The summed E-state index contributed by atoms with van der Waals surface area (Å²) in [6.07, 6.45) is 0. The van der Waals surface area contributed by atoms with Crippen LogP contribution >= 0.6 is 27.3 Å². The molecule has 4 nitrogen and oxygen atoms in total. The second kappa shape index (κ2) is 6.93. The number of hydrogen-bond donors (Lipinski definition) is 1. The predicted octanol–water partition coefficient (Wildman–Crippen LogP) is 4.83. The number of carbonyl (C=O) groups excluding carboxylic acids is 1. The molecule has 0 bridgehead atoms. The lowest BCUT2D eigenvalue weighted by atomic mass is 10.2. The van der Waals surface area contributed by atoms with Crippen molar-refractivity contribution in [1.82, 2.24) is 4.98 Å². The van der Waals surface area contributed by atoms with E-state index in [0.29, 0.717) is 16.4 Å². The van der Waals surface area contributed by atoms with Crippen molar-refractivity contribution >= 4 is 38.3 Å². The zero-order chi connectivity index (χ0) is 16.2. The molecule has 0 spiro atoms. The Morgan fingerprint density at radius 2 is 2.04 bits per heavy atom. The molecule has 0 atom stereocenters. The minimum Gasteiger partial charge on any atom is -0.496 e. The number of carbonyl (C=O) groups is 1. The summed E-state index contributed by atoms with van der Waals surface area (Å²) in [5, 5.41) is 5.28. The van der Waals surface area contributed by atoms with Crippen LogP contribution in [-0.4, -0.2) is 18.0 Å². The quantitative estimate of drug-likeness (QED) is 0.695. The van der Waals surface area contributed by atoms with Crippen LogP contribution in [0.2, 0.25) is 0 Å². The zero-order valence-electron chi connectivity index (χ0n) is 12.2. The molecule has 0 radical (unpaired) electrons. The average molecular weight is 389 g/mol. The molecule has 0 aliphatic carbocycles. The number of halogens is 1. The maximum atomic E-state index is 12.4. The first-order chi connectivity index (χ1) is 11.2. The molecule has 1 aromatic heterocycles. The molecule has 0 fully saturated rings. The molecule has 3 rings (SSSR count). The van der Waals surface area contributed by atoms with Crippen LogP contribution in [0.4, 0.5) is 5.13 Å². The SMILES string of the molecule is COc1ccccc1C(=O)Nc1nc(-c2cccc(Br)c2)cs1. The van der Waals surface area contributed by atoms with Crippen molar-refractivity contribution in [3.8, 4) is 17.0 Å². The van der Waals surface area contributed by atoms with Gasteiger partial charge in [0.05, 0.1) is 18.4 Å². The van der Waals surface area contributed by atoms with Crippen molar-refractivity contribution in [3.05, 3.63) is 63.9 Å². The third kappa shape index (κ3) is 3.60. The number of anilines is 1. The Labute approximate surface area is 146 Å². The average Bonchev–Trinajstić information content (AvgIpc) is 3.03. The van der Waals surface area contributed by atoms with Crippen LogP contribution < -0.4 is 10.1 Å².